The molecule has 0 saturated heterocycles. The van der Waals surface area contributed by atoms with E-state index in [2.05, 4.69) is 20.9 Å². The van der Waals surface area contributed by atoms with Gasteiger partial charge in [-0.05, 0) is 24.0 Å². The van der Waals surface area contributed by atoms with Gasteiger partial charge in [-0.15, -0.1) is 0 Å². The average molecular weight is 583 g/mol. The van der Waals surface area contributed by atoms with Crippen LogP contribution in [0, 0.1) is 0 Å². The summed E-state index contributed by atoms with van der Waals surface area (Å²) in [6.45, 7) is 0.242. The maximum atomic E-state index is 13.3. The van der Waals surface area contributed by atoms with Crippen LogP contribution in [-0.4, -0.2) is 71.4 Å². The minimum Gasteiger partial charge on any atom is -0.480 e. The molecular formula is C28H38N8O6. The van der Waals surface area contributed by atoms with Crippen molar-refractivity contribution >= 4 is 35.6 Å². The van der Waals surface area contributed by atoms with Crippen LogP contribution in [-0.2, 0) is 36.8 Å². The zero-order chi connectivity index (χ0) is 31.1. The molecule has 2 rings (SSSR count). The van der Waals surface area contributed by atoms with Crippen LogP contribution in [0.3, 0.4) is 0 Å². The van der Waals surface area contributed by atoms with Gasteiger partial charge in [0.05, 0.1) is 12.5 Å². The van der Waals surface area contributed by atoms with Crippen LogP contribution in [0.4, 0.5) is 0 Å². The van der Waals surface area contributed by atoms with E-state index in [-0.39, 0.29) is 31.8 Å². The number of hydrogen-bond acceptors (Lipinski definition) is 7. The molecule has 12 N–H and O–H groups in total. The summed E-state index contributed by atoms with van der Waals surface area (Å²) in [7, 11) is 0. The number of benzene rings is 2. The number of aliphatic imine (C=N–C) groups is 1. The van der Waals surface area contributed by atoms with Crippen molar-refractivity contribution in [1.29, 1.82) is 0 Å². The molecule has 4 unspecified atom stereocenters. The Balaban J connectivity index is 2.19. The summed E-state index contributed by atoms with van der Waals surface area (Å²) in [5, 5.41) is 17.2. The number of carboxylic acids is 1. The number of amides is 4. The number of carbonyl (C=O) groups is 5. The molecule has 14 heteroatoms. The molecule has 42 heavy (non-hydrogen) atoms. The van der Waals surface area contributed by atoms with Gasteiger partial charge in [-0.1, -0.05) is 60.7 Å². The highest BCUT2D eigenvalue weighted by atomic mass is 16.4. The monoisotopic (exact) mass is 582 g/mol. The molecule has 0 saturated carbocycles. The molecule has 0 spiro atoms. The fourth-order valence-corrected chi connectivity index (χ4v) is 3.99. The first kappa shape index (κ1) is 33.2. The summed E-state index contributed by atoms with van der Waals surface area (Å²) in [6.07, 6.45) is 0.00742. The number of primary amides is 1. The van der Waals surface area contributed by atoms with Crippen LogP contribution in [0.25, 0.3) is 0 Å². The van der Waals surface area contributed by atoms with Gasteiger partial charge in [-0.2, -0.15) is 0 Å². The predicted molar refractivity (Wildman–Crippen MR) is 155 cm³/mol. The molecule has 2 aromatic rings. The molecule has 0 fully saturated rings. The smallest absolute Gasteiger partial charge is 0.326 e. The fraction of sp³-hybridized carbons (Fsp3) is 0.357. The number of nitrogens with one attached hydrogen (secondary N) is 3. The van der Waals surface area contributed by atoms with Crippen molar-refractivity contribution in [3.63, 3.8) is 0 Å². The Kier molecular flexibility index (Phi) is 13.4. The number of hydrogen-bond donors (Lipinski definition) is 8. The van der Waals surface area contributed by atoms with Gasteiger partial charge in [0.15, 0.2) is 5.96 Å². The van der Waals surface area contributed by atoms with Gasteiger partial charge in [0, 0.05) is 19.4 Å². The Morgan fingerprint density at radius 1 is 0.714 bits per heavy atom. The fourth-order valence-electron chi connectivity index (χ4n) is 3.99. The quantitative estimate of drug-likeness (QED) is 0.0597. The van der Waals surface area contributed by atoms with E-state index in [9.17, 15) is 29.1 Å². The van der Waals surface area contributed by atoms with E-state index in [1.165, 1.54) is 0 Å². The molecular weight excluding hydrogens is 544 g/mol. The summed E-state index contributed by atoms with van der Waals surface area (Å²) >= 11 is 0. The third-order valence-corrected chi connectivity index (χ3v) is 6.16. The predicted octanol–water partition coefficient (Wildman–Crippen LogP) is -1.73. The van der Waals surface area contributed by atoms with Crippen LogP contribution in [0.5, 0.6) is 0 Å². The van der Waals surface area contributed by atoms with Gasteiger partial charge in [0.1, 0.15) is 18.1 Å². The summed E-state index contributed by atoms with van der Waals surface area (Å²) in [4.78, 5) is 66.8. The maximum Gasteiger partial charge on any atom is 0.326 e. The second kappa shape index (κ2) is 17.0. The second-order valence-corrected chi connectivity index (χ2v) is 9.63. The molecule has 0 bridgehead atoms. The van der Waals surface area contributed by atoms with Crippen LogP contribution in [0.1, 0.15) is 30.4 Å². The topological polar surface area (TPSA) is 258 Å². The molecule has 4 amide bonds. The van der Waals surface area contributed by atoms with Gasteiger partial charge in [0.25, 0.3) is 0 Å². The molecule has 0 heterocycles. The molecule has 14 nitrogen and oxygen atoms in total. The van der Waals surface area contributed by atoms with Crippen LogP contribution < -0.4 is 38.9 Å². The van der Waals surface area contributed by atoms with Gasteiger partial charge in [-0.25, -0.2) is 4.79 Å². The van der Waals surface area contributed by atoms with Crippen molar-refractivity contribution in [2.75, 3.05) is 6.54 Å². The number of nitrogens with zero attached hydrogens (tertiary/aromatic N) is 1. The van der Waals surface area contributed by atoms with Crippen molar-refractivity contribution in [2.24, 2.45) is 27.9 Å². The SMILES string of the molecule is NC(=O)CC(NC(=O)C(N)CCCN=C(N)N)C(=O)NC(Cc1ccccc1)C(=O)NC(Cc1ccccc1)C(=O)O. The molecule has 2 aromatic carbocycles. The molecule has 226 valence electrons. The number of carboxylic acid groups (broad SMARTS) is 1. The first-order chi connectivity index (χ1) is 20.0. The molecule has 0 aliphatic carbocycles. The minimum atomic E-state index is -1.44. The van der Waals surface area contributed by atoms with E-state index in [1.54, 1.807) is 60.7 Å². The van der Waals surface area contributed by atoms with Crippen molar-refractivity contribution in [2.45, 2.75) is 56.3 Å². The Morgan fingerprint density at radius 2 is 1.19 bits per heavy atom. The standard InChI is InChI=1S/C28H38N8O6/c29-19(12-7-13-33-28(31)32)24(38)34-21(16-23(30)37)26(40)35-20(14-17-8-3-1-4-9-17)25(39)36-22(27(41)42)15-18-10-5-2-6-11-18/h1-6,8-11,19-22H,7,12-16,29H2,(H2,30,37)(H,34,38)(H,35,40)(H,36,39)(H,41,42)(H4,31,32,33). The van der Waals surface area contributed by atoms with Crippen molar-refractivity contribution < 1.29 is 29.1 Å². The largest absolute Gasteiger partial charge is 0.480 e. The Labute approximate surface area is 243 Å². The third-order valence-electron chi connectivity index (χ3n) is 6.16. The average Bonchev–Trinajstić information content (AvgIpc) is 2.94. The lowest BCUT2D eigenvalue weighted by atomic mass is 10.0. The van der Waals surface area contributed by atoms with Gasteiger partial charge < -0.3 is 44.0 Å². The van der Waals surface area contributed by atoms with Crippen molar-refractivity contribution in [3.8, 4) is 0 Å². The van der Waals surface area contributed by atoms with Gasteiger partial charge in [-0.3, -0.25) is 24.2 Å². The number of aliphatic carboxylic acids is 1. The Morgan fingerprint density at radius 3 is 1.69 bits per heavy atom. The minimum absolute atomic E-state index is 0.00235. The summed E-state index contributed by atoms with van der Waals surface area (Å²) in [5.74, 6) is -4.61. The summed E-state index contributed by atoms with van der Waals surface area (Å²) < 4.78 is 0. The Bertz CT molecular complexity index is 1240. The molecule has 0 aliphatic rings. The van der Waals surface area contributed by atoms with Crippen LogP contribution >= 0.6 is 0 Å². The molecule has 0 aromatic heterocycles. The van der Waals surface area contributed by atoms with Gasteiger partial charge in [0.2, 0.25) is 23.6 Å². The highest BCUT2D eigenvalue weighted by Crippen LogP contribution is 2.08. The lowest BCUT2D eigenvalue weighted by Crippen LogP contribution is -2.58. The Hall–Kier alpha value is -4.98. The number of carbonyl (C=O) groups excluding carboxylic acids is 4. The first-order valence-electron chi connectivity index (χ1n) is 13.3. The first-order valence-corrected chi connectivity index (χ1v) is 13.3. The third kappa shape index (κ3) is 12.0. The lowest BCUT2D eigenvalue weighted by Gasteiger charge is -2.25. The van der Waals surface area contributed by atoms with E-state index in [1.807, 2.05) is 0 Å². The lowest BCUT2D eigenvalue weighted by molar-refractivity contribution is -0.142. The maximum absolute atomic E-state index is 13.3. The zero-order valence-corrected chi connectivity index (χ0v) is 23.1. The van der Waals surface area contributed by atoms with Crippen molar-refractivity contribution in [1.82, 2.24) is 16.0 Å². The molecule has 4 atom stereocenters. The highest BCUT2D eigenvalue weighted by Gasteiger charge is 2.31. The molecule has 0 aliphatic heterocycles. The van der Waals surface area contributed by atoms with E-state index >= 15 is 0 Å². The van der Waals surface area contributed by atoms with E-state index in [0.717, 1.165) is 0 Å². The number of guanidine groups is 1. The van der Waals surface area contributed by atoms with E-state index < -0.39 is 60.2 Å². The zero-order valence-electron chi connectivity index (χ0n) is 23.1. The van der Waals surface area contributed by atoms with Crippen LogP contribution in [0.15, 0.2) is 65.7 Å². The summed E-state index contributed by atoms with van der Waals surface area (Å²) in [6, 6.07) is 12.4. The molecule has 0 radical (unpaired) electrons. The number of rotatable bonds is 17. The summed E-state index contributed by atoms with van der Waals surface area (Å²) in [5.41, 5.74) is 23.1. The van der Waals surface area contributed by atoms with E-state index in [4.69, 9.17) is 22.9 Å². The second-order valence-electron chi connectivity index (χ2n) is 9.63. The van der Waals surface area contributed by atoms with Crippen LogP contribution in [0.2, 0.25) is 0 Å². The van der Waals surface area contributed by atoms with E-state index in [0.29, 0.717) is 17.5 Å². The number of nitrogens with two attached hydrogens (primary N) is 4. The highest BCUT2D eigenvalue weighted by molar-refractivity contribution is 5.96. The van der Waals surface area contributed by atoms with Crippen molar-refractivity contribution in [3.05, 3.63) is 71.8 Å². The van der Waals surface area contributed by atoms with Gasteiger partial charge >= 0.3 is 5.97 Å². The normalized spacial score (nSPS) is 13.5.